The summed E-state index contributed by atoms with van der Waals surface area (Å²) in [6.45, 7) is 0.383. The molecule has 1 aliphatic heterocycles. The molecular formula is C23H21ClF3N5O5. The first-order valence-corrected chi connectivity index (χ1v) is 11.3. The number of ketones is 1. The van der Waals surface area contributed by atoms with Gasteiger partial charge in [0.1, 0.15) is 5.69 Å². The number of aromatic nitrogens is 1. The minimum atomic E-state index is -4.77. The topological polar surface area (TPSA) is 146 Å². The third-order valence-electron chi connectivity index (χ3n) is 5.54. The number of halogens is 4. The summed E-state index contributed by atoms with van der Waals surface area (Å²) in [4.78, 5) is 65.6. The molecule has 10 nitrogen and oxygen atoms in total. The number of nitrogens with one attached hydrogen (secondary N) is 4. The number of pyridine rings is 1. The highest BCUT2D eigenvalue weighted by Crippen LogP contribution is 2.28. The number of rotatable bonds is 8. The zero-order valence-corrected chi connectivity index (χ0v) is 20.0. The molecule has 1 aromatic carbocycles. The van der Waals surface area contributed by atoms with Gasteiger partial charge in [0.05, 0.1) is 17.3 Å². The van der Waals surface area contributed by atoms with Crippen molar-refractivity contribution in [3.05, 3.63) is 58.4 Å². The van der Waals surface area contributed by atoms with E-state index in [1.165, 1.54) is 25.2 Å². The van der Waals surface area contributed by atoms with Gasteiger partial charge in [-0.25, -0.2) is 0 Å². The quantitative estimate of drug-likeness (QED) is 0.377. The zero-order valence-electron chi connectivity index (χ0n) is 19.2. The Hall–Kier alpha value is -4.00. The second-order valence-corrected chi connectivity index (χ2v) is 8.49. The van der Waals surface area contributed by atoms with E-state index in [-0.39, 0.29) is 34.2 Å². The molecule has 0 saturated carbocycles. The van der Waals surface area contributed by atoms with Gasteiger partial charge in [-0.1, -0.05) is 11.6 Å². The average Bonchev–Trinajstić information content (AvgIpc) is 3.27. The van der Waals surface area contributed by atoms with Crippen LogP contribution in [-0.4, -0.2) is 54.0 Å². The van der Waals surface area contributed by atoms with Crippen molar-refractivity contribution in [3.8, 4) is 0 Å². The lowest BCUT2D eigenvalue weighted by molar-refractivity contribution is -0.141. The second kappa shape index (κ2) is 11.4. The van der Waals surface area contributed by atoms with Crippen LogP contribution in [0.4, 0.5) is 18.9 Å². The van der Waals surface area contributed by atoms with Crippen molar-refractivity contribution >= 4 is 46.7 Å². The van der Waals surface area contributed by atoms with Gasteiger partial charge in [-0.2, -0.15) is 13.2 Å². The fourth-order valence-corrected chi connectivity index (χ4v) is 3.81. The standard InChI is InChI=1S/C23H21ClF3N5O5/c1-28-22(37)18(33)16(8-11-5-7-30-19(11)34)32-21(36)14-10-13(24)2-3-15(14)31-20(35)12-4-6-29-17(9-12)23(25,26)27/h2-4,6,9-11,16H,5,7-8H2,1H3,(H,28,37)(H,30,34)(H,31,35)(H,32,36)/t11-,16?/m0/s1. The molecule has 0 aliphatic carbocycles. The number of carbonyl (C=O) groups excluding carboxylic acids is 5. The Morgan fingerprint density at radius 1 is 1.16 bits per heavy atom. The highest BCUT2D eigenvalue weighted by Gasteiger charge is 2.35. The molecule has 2 atom stereocenters. The summed E-state index contributed by atoms with van der Waals surface area (Å²) in [5, 5.41) is 9.61. The zero-order chi connectivity index (χ0) is 27.3. The van der Waals surface area contributed by atoms with Crippen molar-refractivity contribution in [2.24, 2.45) is 5.92 Å². The molecule has 3 rings (SSSR count). The third kappa shape index (κ3) is 6.82. The van der Waals surface area contributed by atoms with E-state index in [1.807, 2.05) is 0 Å². The highest BCUT2D eigenvalue weighted by atomic mass is 35.5. The summed E-state index contributed by atoms with van der Waals surface area (Å²) in [5.41, 5.74) is -2.00. The summed E-state index contributed by atoms with van der Waals surface area (Å²) in [5.74, 6) is -4.79. The van der Waals surface area contributed by atoms with Crippen molar-refractivity contribution in [1.29, 1.82) is 0 Å². The van der Waals surface area contributed by atoms with E-state index in [0.717, 1.165) is 12.3 Å². The number of benzene rings is 1. The molecule has 1 unspecified atom stereocenters. The van der Waals surface area contributed by atoms with E-state index < -0.39 is 47.3 Å². The highest BCUT2D eigenvalue weighted by molar-refractivity contribution is 6.38. The molecule has 0 bridgehead atoms. The Labute approximate surface area is 213 Å². The fraction of sp³-hybridized carbons (Fsp3) is 0.304. The molecule has 196 valence electrons. The smallest absolute Gasteiger partial charge is 0.356 e. The Kier molecular flexibility index (Phi) is 8.48. The van der Waals surface area contributed by atoms with E-state index in [0.29, 0.717) is 19.0 Å². The largest absolute Gasteiger partial charge is 0.433 e. The number of alkyl halides is 3. The predicted octanol–water partition coefficient (Wildman–Crippen LogP) is 1.95. The van der Waals surface area contributed by atoms with Gasteiger partial charge < -0.3 is 21.3 Å². The molecule has 2 aromatic rings. The van der Waals surface area contributed by atoms with Crippen LogP contribution in [0.1, 0.15) is 39.3 Å². The number of hydrogen-bond donors (Lipinski definition) is 4. The summed E-state index contributed by atoms with van der Waals surface area (Å²) in [7, 11) is 1.23. The molecule has 14 heteroatoms. The molecule has 1 fully saturated rings. The Morgan fingerprint density at radius 3 is 2.51 bits per heavy atom. The molecule has 37 heavy (non-hydrogen) atoms. The van der Waals surface area contributed by atoms with Gasteiger partial charge in [0, 0.05) is 36.3 Å². The monoisotopic (exact) mass is 539 g/mol. The lowest BCUT2D eigenvalue weighted by Crippen LogP contribution is -2.48. The summed E-state index contributed by atoms with van der Waals surface area (Å²) < 4.78 is 38.9. The van der Waals surface area contributed by atoms with Crippen LogP contribution in [0.15, 0.2) is 36.5 Å². The first-order chi connectivity index (χ1) is 17.4. The van der Waals surface area contributed by atoms with E-state index in [4.69, 9.17) is 11.6 Å². The maximum atomic E-state index is 13.1. The number of anilines is 1. The molecule has 0 radical (unpaired) electrons. The van der Waals surface area contributed by atoms with Crippen molar-refractivity contribution in [2.45, 2.75) is 25.1 Å². The molecule has 1 saturated heterocycles. The Bertz CT molecular complexity index is 1250. The number of nitrogens with zero attached hydrogens (tertiary/aromatic N) is 1. The molecule has 4 N–H and O–H groups in total. The maximum absolute atomic E-state index is 13.1. The minimum Gasteiger partial charge on any atom is -0.356 e. The van der Waals surface area contributed by atoms with E-state index in [2.05, 4.69) is 26.3 Å². The van der Waals surface area contributed by atoms with Gasteiger partial charge >= 0.3 is 6.18 Å². The first kappa shape index (κ1) is 27.6. The summed E-state index contributed by atoms with van der Waals surface area (Å²) in [6, 6.07) is 3.99. The van der Waals surface area contributed by atoms with Gasteiger partial charge in [0.2, 0.25) is 11.7 Å². The van der Waals surface area contributed by atoms with Gasteiger partial charge in [-0.15, -0.1) is 0 Å². The number of carbonyl (C=O) groups is 5. The summed E-state index contributed by atoms with van der Waals surface area (Å²) in [6.07, 6.45) is -3.70. The van der Waals surface area contributed by atoms with E-state index in [9.17, 15) is 37.1 Å². The predicted molar refractivity (Wildman–Crippen MR) is 125 cm³/mol. The average molecular weight is 540 g/mol. The first-order valence-electron chi connectivity index (χ1n) is 10.9. The number of Topliss-reactive ketones (excluding diaryl/α,β-unsaturated/α-hetero) is 1. The van der Waals surface area contributed by atoms with Crippen molar-refractivity contribution in [3.63, 3.8) is 0 Å². The third-order valence-corrected chi connectivity index (χ3v) is 5.78. The van der Waals surface area contributed by atoms with Gasteiger partial charge in [0.15, 0.2) is 0 Å². The second-order valence-electron chi connectivity index (χ2n) is 8.05. The molecular weight excluding hydrogens is 519 g/mol. The number of amides is 4. The van der Waals surface area contributed by atoms with E-state index in [1.54, 1.807) is 0 Å². The lowest BCUT2D eigenvalue weighted by atomic mass is 9.95. The van der Waals surface area contributed by atoms with Gasteiger partial charge in [-0.3, -0.25) is 29.0 Å². The Morgan fingerprint density at radius 2 is 1.89 bits per heavy atom. The molecule has 1 aromatic heterocycles. The molecule has 1 aliphatic rings. The van der Waals surface area contributed by atoms with Gasteiger partial charge in [0.25, 0.3) is 17.7 Å². The van der Waals surface area contributed by atoms with Crippen molar-refractivity contribution < 1.29 is 37.1 Å². The minimum absolute atomic E-state index is 0.0794. The van der Waals surface area contributed by atoms with Crippen LogP contribution in [0.5, 0.6) is 0 Å². The molecule has 2 heterocycles. The van der Waals surface area contributed by atoms with Crippen LogP contribution in [-0.2, 0) is 20.6 Å². The number of hydrogen-bond acceptors (Lipinski definition) is 6. The normalized spacial score (nSPS) is 15.9. The van der Waals surface area contributed by atoms with Crippen molar-refractivity contribution in [1.82, 2.24) is 20.9 Å². The maximum Gasteiger partial charge on any atom is 0.433 e. The number of likely N-dealkylation sites (N-methyl/N-ethyl adjacent to an activating group) is 1. The molecule has 4 amide bonds. The van der Waals surface area contributed by atoms with Crippen LogP contribution in [0.3, 0.4) is 0 Å². The fourth-order valence-electron chi connectivity index (χ4n) is 3.64. The van der Waals surface area contributed by atoms with Crippen LogP contribution >= 0.6 is 11.6 Å². The van der Waals surface area contributed by atoms with Crippen LogP contribution < -0.4 is 21.3 Å². The molecule has 0 spiro atoms. The van der Waals surface area contributed by atoms with E-state index >= 15 is 0 Å². The van der Waals surface area contributed by atoms with Crippen LogP contribution in [0.25, 0.3) is 0 Å². The Balaban J connectivity index is 1.86. The van der Waals surface area contributed by atoms with Crippen molar-refractivity contribution in [2.75, 3.05) is 18.9 Å². The van der Waals surface area contributed by atoms with Crippen LogP contribution in [0.2, 0.25) is 5.02 Å². The van der Waals surface area contributed by atoms with Crippen LogP contribution in [0, 0.1) is 5.92 Å². The SMILES string of the molecule is CNC(=O)C(=O)C(C[C@@H]1CCNC1=O)NC(=O)c1cc(Cl)ccc1NC(=O)c1ccnc(C(F)(F)F)c1. The summed E-state index contributed by atoms with van der Waals surface area (Å²) >= 11 is 6.00. The lowest BCUT2D eigenvalue weighted by Gasteiger charge is -2.20. The van der Waals surface area contributed by atoms with Gasteiger partial charge in [-0.05, 0) is 43.2 Å².